The third kappa shape index (κ3) is 5.49. The number of carbonyl (C=O) groups is 1. The fourth-order valence-corrected chi connectivity index (χ4v) is 5.01. The Morgan fingerprint density at radius 1 is 1.03 bits per heavy atom. The van der Waals surface area contributed by atoms with Gasteiger partial charge in [-0.25, -0.2) is 0 Å². The zero-order valence-corrected chi connectivity index (χ0v) is 21.4. The van der Waals surface area contributed by atoms with E-state index in [2.05, 4.69) is 31.2 Å². The van der Waals surface area contributed by atoms with E-state index < -0.39 is 0 Å². The van der Waals surface area contributed by atoms with Gasteiger partial charge in [0.15, 0.2) is 5.11 Å². The maximum Gasteiger partial charge on any atom is 0.226 e. The van der Waals surface area contributed by atoms with Crippen molar-refractivity contribution in [2.75, 3.05) is 18.5 Å². The van der Waals surface area contributed by atoms with Gasteiger partial charge in [-0.2, -0.15) is 0 Å². The molecule has 37 heavy (non-hydrogen) atoms. The molecule has 2 N–H and O–H groups in total. The molecule has 1 saturated heterocycles. The summed E-state index contributed by atoms with van der Waals surface area (Å²) in [5.74, 6) is 0.775. The molecule has 2 aromatic heterocycles. The van der Waals surface area contributed by atoms with E-state index in [1.807, 2.05) is 92.0 Å². The lowest BCUT2D eigenvalue weighted by molar-refractivity contribution is -0.116. The van der Waals surface area contributed by atoms with E-state index >= 15 is 0 Å². The van der Waals surface area contributed by atoms with E-state index in [9.17, 15) is 4.79 Å². The van der Waals surface area contributed by atoms with E-state index in [0.717, 1.165) is 28.5 Å². The Balaban J connectivity index is 1.43. The van der Waals surface area contributed by atoms with Crippen LogP contribution in [0.15, 0.2) is 97.3 Å². The summed E-state index contributed by atoms with van der Waals surface area (Å²) in [4.78, 5) is 19.5. The number of benzene rings is 2. The lowest BCUT2D eigenvalue weighted by Crippen LogP contribution is -2.33. The topological polar surface area (TPSA) is 71.4 Å². The smallest absolute Gasteiger partial charge is 0.226 e. The summed E-state index contributed by atoms with van der Waals surface area (Å²) in [6, 6.07) is 27.2. The molecule has 8 heteroatoms. The van der Waals surface area contributed by atoms with E-state index in [0.29, 0.717) is 24.7 Å². The second-order valence-electron chi connectivity index (χ2n) is 8.71. The van der Waals surface area contributed by atoms with Gasteiger partial charge in [0.2, 0.25) is 5.91 Å². The molecular weight excluding hydrogens is 482 g/mol. The molecule has 1 fully saturated rings. The summed E-state index contributed by atoms with van der Waals surface area (Å²) in [5, 5.41) is 7.04. The summed E-state index contributed by atoms with van der Waals surface area (Å²) in [6.07, 6.45) is 4.13. The number of nitrogens with zero attached hydrogens (tertiary/aromatic N) is 3. The number of aromatic nitrogens is 2. The van der Waals surface area contributed by atoms with Crippen LogP contribution in [0.25, 0.3) is 5.69 Å². The van der Waals surface area contributed by atoms with Gasteiger partial charge in [0.05, 0.1) is 24.4 Å². The largest absolute Gasteiger partial charge is 0.494 e. The van der Waals surface area contributed by atoms with Crippen molar-refractivity contribution in [2.45, 2.75) is 25.4 Å². The number of para-hydroxylation sites is 1. The predicted octanol–water partition coefficient (Wildman–Crippen LogP) is 5.27. The normalized spacial score (nSPS) is 16.9. The van der Waals surface area contributed by atoms with Crippen molar-refractivity contribution < 1.29 is 9.53 Å². The van der Waals surface area contributed by atoms with Gasteiger partial charge >= 0.3 is 0 Å². The van der Waals surface area contributed by atoms with Gasteiger partial charge < -0.3 is 24.8 Å². The number of thiocarbonyl (C=S) groups is 1. The number of nitrogens with one attached hydrogen (secondary N) is 2. The first-order chi connectivity index (χ1) is 18.1. The minimum atomic E-state index is -0.165. The van der Waals surface area contributed by atoms with Crippen LogP contribution in [0.1, 0.15) is 36.8 Å². The van der Waals surface area contributed by atoms with Crippen molar-refractivity contribution in [1.29, 1.82) is 0 Å². The van der Waals surface area contributed by atoms with Crippen LogP contribution in [0, 0.1) is 0 Å². The average molecular weight is 512 g/mol. The Labute approximate surface area is 222 Å². The van der Waals surface area contributed by atoms with Crippen LogP contribution in [0.2, 0.25) is 0 Å². The van der Waals surface area contributed by atoms with E-state index in [1.54, 1.807) is 6.20 Å². The fraction of sp³-hybridized carbons (Fsp3) is 0.207. The number of carbonyl (C=O) groups excluding carboxylic acids is 1. The molecule has 2 unspecified atom stereocenters. The molecule has 188 valence electrons. The highest BCUT2D eigenvalue weighted by Crippen LogP contribution is 2.39. The molecule has 0 radical (unpaired) electrons. The molecule has 7 nitrogen and oxygen atoms in total. The van der Waals surface area contributed by atoms with Gasteiger partial charge in [0.25, 0.3) is 0 Å². The Morgan fingerprint density at radius 2 is 1.81 bits per heavy atom. The second-order valence-corrected chi connectivity index (χ2v) is 9.10. The molecule has 3 heterocycles. The number of ether oxygens (including phenoxy) is 1. The van der Waals surface area contributed by atoms with E-state index in [1.165, 1.54) is 0 Å². The molecule has 5 rings (SSSR count). The lowest BCUT2D eigenvalue weighted by Gasteiger charge is -2.29. The van der Waals surface area contributed by atoms with Gasteiger partial charge in [0, 0.05) is 42.4 Å². The second kappa shape index (κ2) is 11.3. The highest BCUT2D eigenvalue weighted by Gasteiger charge is 2.41. The summed E-state index contributed by atoms with van der Waals surface area (Å²) in [5.41, 5.74) is 3.74. The van der Waals surface area contributed by atoms with Crippen LogP contribution in [0.4, 0.5) is 5.69 Å². The number of rotatable bonds is 9. The summed E-state index contributed by atoms with van der Waals surface area (Å²) in [7, 11) is 0. The molecule has 2 atom stereocenters. The third-order valence-corrected chi connectivity index (χ3v) is 6.70. The first kappa shape index (κ1) is 24.5. The molecule has 0 aliphatic carbocycles. The SMILES string of the molecule is CCOc1ccc(-n2cccc2C2C(c3ccccn3)NC(=S)N2CCC(=O)Nc2ccccc2)cc1. The van der Waals surface area contributed by atoms with Crippen LogP contribution in [-0.2, 0) is 4.79 Å². The maximum atomic E-state index is 12.8. The molecule has 1 amide bonds. The first-order valence-electron chi connectivity index (χ1n) is 12.4. The maximum absolute atomic E-state index is 12.8. The molecule has 2 aromatic carbocycles. The van der Waals surface area contributed by atoms with Gasteiger partial charge in [-0.3, -0.25) is 9.78 Å². The minimum absolute atomic E-state index is 0.0593. The zero-order chi connectivity index (χ0) is 25.6. The highest BCUT2D eigenvalue weighted by molar-refractivity contribution is 7.80. The van der Waals surface area contributed by atoms with Crippen molar-refractivity contribution in [3.05, 3.63) is 109 Å². The van der Waals surface area contributed by atoms with Crippen LogP contribution < -0.4 is 15.4 Å². The number of amides is 1. The molecule has 4 aromatic rings. The summed E-state index contributed by atoms with van der Waals surface area (Å²) < 4.78 is 7.78. The van der Waals surface area contributed by atoms with E-state index in [-0.39, 0.29) is 18.0 Å². The van der Waals surface area contributed by atoms with Gasteiger partial charge in [-0.05, 0) is 79.8 Å². The molecule has 0 bridgehead atoms. The average Bonchev–Trinajstić information content (AvgIpc) is 3.53. The van der Waals surface area contributed by atoms with E-state index in [4.69, 9.17) is 17.0 Å². The number of anilines is 1. The molecule has 0 spiro atoms. The lowest BCUT2D eigenvalue weighted by atomic mass is 10.0. The van der Waals surface area contributed by atoms with Crippen molar-refractivity contribution in [1.82, 2.24) is 19.8 Å². The van der Waals surface area contributed by atoms with Crippen LogP contribution in [0.5, 0.6) is 5.75 Å². The standard InChI is InChI=1S/C29H29N5O2S/c1-2-36-23-15-13-22(14-16-23)33-19-8-12-25(33)28-27(24-11-6-7-18-30-24)32-29(37)34(28)20-17-26(35)31-21-9-4-3-5-10-21/h3-16,18-19,27-28H,2,17,20H2,1H3,(H,31,35)(H,32,37). The van der Waals surface area contributed by atoms with Gasteiger partial charge in [-0.15, -0.1) is 0 Å². The molecule has 1 aliphatic rings. The summed E-state index contributed by atoms with van der Waals surface area (Å²) in [6.45, 7) is 3.06. The molecule has 0 saturated carbocycles. The number of pyridine rings is 1. The Bertz CT molecular complexity index is 1340. The van der Waals surface area contributed by atoms with Crippen LogP contribution >= 0.6 is 12.2 Å². The summed E-state index contributed by atoms with van der Waals surface area (Å²) >= 11 is 5.79. The highest BCUT2D eigenvalue weighted by atomic mass is 32.1. The van der Waals surface area contributed by atoms with Crippen molar-refractivity contribution in [3.8, 4) is 11.4 Å². The van der Waals surface area contributed by atoms with Crippen molar-refractivity contribution in [3.63, 3.8) is 0 Å². The van der Waals surface area contributed by atoms with Gasteiger partial charge in [0.1, 0.15) is 5.75 Å². The van der Waals surface area contributed by atoms with Crippen LogP contribution in [-0.4, -0.2) is 38.6 Å². The molecular formula is C29H29N5O2S. The number of hydrogen-bond donors (Lipinski definition) is 2. The predicted molar refractivity (Wildman–Crippen MR) is 149 cm³/mol. The monoisotopic (exact) mass is 511 g/mol. The minimum Gasteiger partial charge on any atom is -0.494 e. The Kier molecular flexibility index (Phi) is 7.46. The molecule has 1 aliphatic heterocycles. The fourth-order valence-electron chi connectivity index (χ4n) is 4.67. The van der Waals surface area contributed by atoms with Crippen molar-refractivity contribution in [2.24, 2.45) is 0 Å². The first-order valence-corrected chi connectivity index (χ1v) is 12.8. The Hall–Kier alpha value is -4.17. The Morgan fingerprint density at radius 3 is 2.54 bits per heavy atom. The number of hydrogen-bond acceptors (Lipinski definition) is 4. The zero-order valence-electron chi connectivity index (χ0n) is 20.6. The van der Waals surface area contributed by atoms with Crippen LogP contribution in [0.3, 0.4) is 0 Å². The van der Waals surface area contributed by atoms with Gasteiger partial charge in [-0.1, -0.05) is 24.3 Å². The third-order valence-electron chi connectivity index (χ3n) is 6.34. The quantitative estimate of drug-likeness (QED) is 0.298. The van der Waals surface area contributed by atoms with Crippen molar-refractivity contribution >= 4 is 28.9 Å².